The lowest BCUT2D eigenvalue weighted by atomic mass is 10.2. The minimum Gasteiger partial charge on any atom is -0.481 e. The lowest BCUT2D eigenvalue weighted by molar-refractivity contribution is -0.141. The number of nitrogens with zero attached hydrogens (tertiary/aromatic N) is 1. The van der Waals surface area contributed by atoms with Crippen LogP contribution in [-0.2, 0) is 9.59 Å². The summed E-state index contributed by atoms with van der Waals surface area (Å²) in [6.07, 6.45) is 0.0445. The van der Waals surface area contributed by atoms with Crippen LogP contribution in [-0.4, -0.2) is 47.2 Å². The maximum absolute atomic E-state index is 10.4. The van der Waals surface area contributed by atoms with Gasteiger partial charge in [0.25, 0.3) is 0 Å². The van der Waals surface area contributed by atoms with Crippen LogP contribution >= 0.6 is 0 Å². The largest absolute Gasteiger partial charge is 0.481 e. The van der Waals surface area contributed by atoms with Crippen molar-refractivity contribution in [3.05, 3.63) is 0 Å². The molecule has 0 aliphatic rings. The molecule has 0 spiro atoms. The number of carboxylic acid groups (broad SMARTS) is 2. The van der Waals surface area contributed by atoms with E-state index in [9.17, 15) is 9.59 Å². The highest BCUT2D eigenvalue weighted by Crippen LogP contribution is 1.98. The number of carboxylic acids is 2. The molecule has 1 atom stereocenters. The second-order valence-electron chi connectivity index (χ2n) is 3.15. The van der Waals surface area contributed by atoms with Crippen molar-refractivity contribution in [1.82, 2.24) is 4.90 Å². The summed E-state index contributed by atoms with van der Waals surface area (Å²) in [4.78, 5) is 22.3. The molecule has 0 aliphatic carbocycles. The van der Waals surface area contributed by atoms with Crippen LogP contribution in [0.5, 0.6) is 0 Å². The SMILES string of the molecule is CC(CN(C)CCC(=O)O)C(=O)O. The minimum absolute atomic E-state index is 0.0445. The van der Waals surface area contributed by atoms with Crippen LogP contribution in [0, 0.1) is 5.92 Å². The summed E-state index contributed by atoms with van der Waals surface area (Å²) in [5.41, 5.74) is 0. The van der Waals surface area contributed by atoms with E-state index in [1.165, 1.54) is 0 Å². The maximum atomic E-state index is 10.4. The van der Waals surface area contributed by atoms with Gasteiger partial charge in [-0.2, -0.15) is 0 Å². The topological polar surface area (TPSA) is 77.8 Å². The fraction of sp³-hybridized carbons (Fsp3) is 0.750. The Morgan fingerprint density at radius 2 is 1.92 bits per heavy atom. The van der Waals surface area contributed by atoms with E-state index in [0.29, 0.717) is 13.1 Å². The van der Waals surface area contributed by atoms with E-state index < -0.39 is 17.9 Å². The molecule has 0 aromatic carbocycles. The highest BCUT2D eigenvalue weighted by atomic mass is 16.4. The second kappa shape index (κ2) is 5.53. The Morgan fingerprint density at radius 1 is 1.38 bits per heavy atom. The van der Waals surface area contributed by atoms with Crippen LogP contribution in [0.4, 0.5) is 0 Å². The number of carbonyl (C=O) groups is 2. The van der Waals surface area contributed by atoms with Gasteiger partial charge in [0.1, 0.15) is 0 Å². The van der Waals surface area contributed by atoms with Crippen LogP contribution < -0.4 is 0 Å². The van der Waals surface area contributed by atoms with Crippen molar-refractivity contribution in [2.75, 3.05) is 20.1 Å². The Kier molecular flexibility index (Phi) is 5.06. The van der Waals surface area contributed by atoms with Gasteiger partial charge in [-0.3, -0.25) is 9.59 Å². The number of rotatable bonds is 6. The average Bonchev–Trinajstić information content (AvgIpc) is 2.00. The summed E-state index contributed by atoms with van der Waals surface area (Å²) in [5.74, 6) is -2.18. The van der Waals surface area contributed by atoms with E-state index in [0.717, 1.165) is 0 Å². The van der Waals surface area contributed by atoms with Gasteiger partial charge in [0, 0.05) is 13.1 Å². The van der Waals surface area contributed by atoms with Crippen LogP contribution in [0.15, 0.2) is 0 Å². The summed E-state index contributed by atoms with van der Waals surface area (Å²) in [6.45, 7) is 2.36. The first-order valence-corrected chi connectivity index (χ1v) is 4.06. The zero-order chi connectivity index (χ0) is 10.4. The van der Waals surface area contributed by atoms with Crippen molar-refractivity contribution >= 4 is 11.9 Å². The molecule has 0 rings (SSSR count). The zero-order valence-electron chi connectivity index (χ0n) is 7.86. The molecule has 0 fully saturated rings. The standard InChI is InChI=1S/C8H15NO4/c1-6(8(12)13)5-9(2)4-3-7(10)11/h6H,3-5H2,1-2H3,(H,10,11)(H,12,13). The molecule has 0 saturated heterocycles. The fourth-order valence-corrected chi connectivity index (χ4v) is 0.923. The Hall–Kier alpha value is -1.10. The summed E-state index contributed by atoms with van der Waals surface area (Å²) in [5, 5.41) is 16.9. The third-order valence-corrected chi connectivity index (χ3v) is 1.71. The fourth-order valence-electron chi connectivity index (χ4n) is 0.923. The van der Waals surface area contributed by atoms with E-state index in [-0.39, 0.29) is 6.42 Å². The molecular formula is C8H15NO4. The van der Waals surface area contributed by atoms with Gasteiger partial charge >= 0.3 is 11.9 Å². The first-order chi connectivity index (χ1) is 5.93. The Bertz CT molecular complexity index is 193. The number of hydrogen-bond donors (Lipinski definition) is 2. The average molecular weight is 189 g/mol. The van der Waals surface area contributed by atoms with Gasteiger partial charge in [-0.05, 0) is 7.05 Å². The monoisotopic (exact) mass is 189 g/mol. The van der Waals surface area contributed by atoms with Crippen LogP contribution in [0.25, 0.3) is 0 Å². The molecule has 0 aromatic heterocycles. The van der Waals surface area contributed by atoms with Gasteiger partial charge in [-0.1, -0.05) is 6.92 Å². The molecule has 2 N–H and O–H groups in total. The Morgan fingerprint density at radius 3 is 2.31 bits per heavy atom. The molecular weight excluding hydrogens is 174 g/mol. The third kappa shape index (κ3) is 6.10. The molecule has 76 valence electrons. The summed E-state index contributed by atoms with van der Waals surface area (Å²) in [7, 11) is 1.71. The molecule has 5 heteroatoms. The summed E-state index contributed by atoms with van der Waals surface area (Å²) in [6, 6.07) is 0. The van der Waals surface area contributed by atoms with Crippen molar-refractivity contribution in [3.63, 3.8) is 0 Å². The molecule has 0 amide bonds. The van der Waals surface area contributed by atoms with E-state index in [1.54, 1.807) is 18.9 Å². The molecule has 0 radical (unpaired) electrons. The molecule has 13 heavy (non-hydrogen) atoms. The summed E-state index contributed by atoms with van der Waals surface area (Å²) < 4.78 is 0. The van der Waals surface area contributed by atoms with Gasteiger partial charge in [0.15, 0.2) is 0 Å². The van der Waals surface area contributed by atoms with Gasteiger partial charge < -0.3 is 15.1 Å². The zero-order valence-corrected chi connectivity index (χ0v) is 7.86. The predicted molar refractivity (Wildman–Crippen MR) is 46.5 cm³/mol. The highest BCUT2D eigenvalue weighted by Gasteiger charge is 2.13. The van der Waals surface area contributed by atoms with Crippen molar-refractivity contribution in [2.24, 2.45) is 5.92 Å². The number of aliphatic carboxylic acids is 2. The molecule has 1 unspecified atom stereocenters. The lowest BCUT2D eigenvalue weighted by Gasteiger charge is -2.17. The Labute approximate surface area is 77.0 Å². The first kappa shape index (κ1) is 11.9. The Balaban J connectivity index is 3.67. The molecule has 0 heterocycles. The van der Waals surface area contributed by atoms with Gasteiger partial charge in [0.05, 0.1) is 12.3 Å². The normalized spacial score (nSPS) is 12.8. The van der Waals surface area contributed by atoms with Crippen molar-refractivity contribution in [2.45, 2.75) is 13.3 Å². The maximum Gasteiger partial charge on any atom is 0.307 e. The van der Waals surface area contributed by atoms with E-state index in [1.807, 2.05) is 0 Å². The highest BCUT2D eigenvalue weighted by molar-refractivity contribution is 5.69. The quantitative estimate of drug-likeness (QED) is 0.620. The molecule has 0 saturated carbocycles. The number of hydrogen-bond acceptors (Lipinski definition) is 3. The van der Waals surface area contributed by atoms with Crippen LogP contribution in [0.1, 0.15) is 13.3 Å². The van der Waals surface area contributed by atoms with Crippen LogP contribution in [0.3, 0.4) is 0 Å². The van der Waals surface area contributed by atoms with E-state index in [2.05, 4.69) is 0 Å². The van der Waals surface area contributed by atoms with E-state index >= 15 is 0 Å². The smallest absolute Gasteiger partial charge is 0.307 e. The van der Waals surface area contributed by atoms with Crippen molar-refractivity contribution in [1.29, 1.82) is 0 Å². The molecule has 0 aliphatic heterocycles. The minimum atomic E-state index is -0.866. The van der Waals surface area contributed by atoms with Gasteiger partial charge in [-0.25, -0.2) is 0 Å². The third-order valence-electron chi connectivity index (χ3n) is 1.71. The molecule has 5 nitrogen and oxygen atoms in total. The second-order valence-corrected chi connectivity index (χ2v) is 3.15. The van der Waals surface area contributed by atoms with Gasteiger partial charge in [-0.15, -0.1) is 0 Å². The van der Waals surface area contributed by atoms with Gasteiger partial charge in [0.2, 0.25) is 0 Å². The first-order valence-electron chi connectivity index (χ1n) is 4.06. The van der Waals surface area contributed by atoms with E-state index in [4.69, 9.17) is 10.2 Å². The van der Waals surface area contributed by atoms with Crippen LogP contribution in [0.2, 0.25) is 0 Å². The molecule has 0 aromatic rings. The van der Waals surface area contributed by atoms with Crippen molar-refractivity contribution in [3.8, 4) is 0 Å². The lowest BCUT2D eigenvalue weighted by Crippen LogP contribution is -2.30. The summed E-state index contributed by atoms with van der Waals surface area (Å²) >= 11 is 0. The van der Waals surface area contributed by atoms with Crippen molar-refractivity contribution < 1.29 is 19.8 Å². The predicted octanol–water partition coefficient (Wildman–Crippen LogP) is 0.114. The molecule has 0 bridgehead atoms.